The molecule has 4 rings (SSSR count). The van der Waals surface area contributed by atoms with Crippen LogP contribution in [0.4, 0.5) is 8.78 Å². The highest BCUT2D eigenvalue weighted by molar-refractivity contribution is 6.10. The van der Waals surface area contributed by atoms with Crippen molar-refractivity contribution in [2.24, 2.45) is 4.99 Å². The molecule has 0 amide bonds. The van der Waals surface area contributed by atoms with E-state index < -0.39 is 6.43 Å². The highest BCUT2D eigenvalue weighted by Gasteiger charge is 2.26. The summed E-state index contributed by atoms with van der Waals surface area (Å²) in [6.45, 7) is 1.14. The van der Waals surface area contributed by atoms with Crippen molar-refractivity contribution < 1.29 is 13.5 Å². The first-order valence-corrected chi connectivity index (χ1v) is 10.1. The van der Waals surface area contributed by atoms with Crippen LogP contribution >= 0.6 is 0 Å². The Hall–Kier alpha value is -2.71. The summed E-state index contributed by atoms with van der Waals surface area (Å²) in [5.74, 6) is 1.17. The molecule has 2 aliphatic heterocycles. The summed E-state index contributed by atoms with van der Waals surface area (Å²) in [4.78, 5) is 4.57. The van der Waals surface area contributed by atoms with Crippen LogP contribution in [0.15, 0.2) is 29.3 Å². The van der Waals surface area contributed by atoms with Gasteiger partial charge in [-0.2, -0.15) is 5.10 Å². The van der Waals surface area contributed by atoms with E-state index in [-0.39, 0.29) is 23.3 Å². The molecule has 1 aromatic rings. The average molecular weight is 404 g/mol. The number of ether oxygens (including phenoxy) is 1. The van der Waals surface area contributed by atoms with Crippen LogP contribution in [0.1, 0.15) is 62.2 Å². The minimum Gasteiger partial charge on any atom is -0.499 e. The fraction of sp³-hybridized carbons (Fsp3) is 0.550. The molecular formula is C20H26F2N6O. The first kappa shape index (κ1) is 19.6. The van der Waals surface area contributed by atoms with Crippen molar-refractivity contribution in [3.63, 3.8) is 0 Å². The minimum atomic E-state index is -2.71. The van der Waals surface area contributed by atoms with Crippen LogP contribution in [-0.4, -0.2) is 41.0 Å². The van der Waals surface area contributed by atoms with E-state index in [4.69, 9.17) is 10.1 Å². The number of amidine groups is 1. The Labute approximate surface area is 168 Å². The lowest BCUT2D eigenvalue weighted by Gasteiger charge is -2.22. The fourth-order valence-electron chi connectivity index (χ4n) is 4.04. The molecule has 1 aromatic heterocycles. The molecule has 1 saturated carbocycles. The molecule has 7 nitrogen and oxygen atoms in total. The molecule has 1 aliphatic carbocycles. The molecule has 0 spiro atoms. The van der Waals surface area contributed by atoms with Gasteiger partial charge in [0.15, 0.2) is 0 Å². The van der Waals surface area contributed by atoms with Gasteiger partial charge in [0.25, 0.3) is 6.43 Å². The predicted molar refractivity (Wildman–Crippen MR) is 107 cm³/mol. The van der Waals surface area contributed by atoms with Crippen molar-refractivity contribution in [3.8, 4) is 0 Å². The van der Waals surface area contributed by atoms with Gasteiger partial charge in [0.1, 0.15) is 24.0 Å². The Morgan fingerprint density at radius 2 is 2.17 bits per heavy atom. The van der Waals surface area contributed by atoms with E-state index in [1.165, 1.54) is 6.42 Å². The molecule has 0 bridgehead atoms. The molecule has 1 atom stereocenters. The largest absolute Gasteiger partial charge is 0.499 e. The van der Waals surface area contributed by atoms with E-state index in [1.54, 1.807) is 17.1 Å². The quantitative estimate of drug-likeness (QED) is 0.655. The lowest BCUT2D eigenvalue weighted by Crippen LogP contribution is -2.39. The summed E-state index contributed by atoms with van der Waals surface area (Å²) in [6, 6.07) is 0.184. The molecule has 0 aromatic carbocycles. The molecule has 3 aliphatic rings. The Kier molecular flexibility index (Phi) is 5.92. The van der Waals surface area contributed by atoms with E-state index in [2.05, 4.69) is 20.7 Å². The number of hydrogen-bond acceptors (Lipinski definition) is 6. The van der Waals surface area contributed by atoms with Crippen molar-refractivity contribution >= 4 is 17.6 Å². The molecule has 1 fully saturated rings. The van der Waals surface area contributed by atoms with Gasteiger partial charge in [-0.15, -0.1) is 0 Å². The van der Waals surface area contributed by atoms with Crippen molar-refractivity contribution in [2.45, 2.75) is 57.0 Å². The van der Waals surface area contributed by atoms with Gasteiger partial charge in [0.05, 0.1) is 18.3 Å². The molecule has 3 heterocycles. The number of halogens is 2. The number of allylic oxidation sites excluding steroid dienone is 1. The molecular weight excluding hydrogens is 378 g/mol. The summed E-state index contributed by atoms with van der Waals surface area (Å²) in [5.41, 5.74) is 0.322. The lowest BCUT2D eigenvalue weighted by atomic mass is 9.96. The van der Waals surface area contributed by atoms with E-state index in [0.29, 0.717) is 31.0 Å². The standard InChI is InChI=1S/C20H26F2N6O/c21-19(22)18-16(11-28(27-18)14-4-2-1-3-5-14)15(10-23)20-24-8-6-17(26-20)25-13-7-9-29-12-13/h7,9-11,13-14,19,23-24H,1-6,8,12H2,(H,25,26)/b20-15-,23-10?. The molecule has 156 valence electrons. The van der Waals surface area contributed by atoms with Gasteiger partial charge >= 0.3 is 0 Å². The van der Waals surface area contributed by atoms with Crippen molar-refractivity contribution in [1.82, 2.24) is 20.4 Å². The zero-order chi connectivity index (χ0) is 20.2. The number of rotatable bonds is 5. The zero-order valence-corrected chi connectivity index (χ0v) is 16.2. The zero-order valence-electron chi connectivity index (χ0n) is 16.2. The van der Waals surface area contributed by atoms with Crippen LogP contribution < -0.4 is 10.6 Å². The predicted octanol–water partition coefficient (Wildman–Crippen LogP) is 3.54. The van der Waals surface area contributed by atoms with Gasteiger partial charge in [0.2, 0.25) is 0 Å². The summed E-state index contributed by atoms with van der Waals surface area (Å²) in [7, 11) is 0. The summed E-state index contributed by atoms with van der Waals surface area (Å²) < 4.78 is 34.4. The van der Waals surface area contributed by atoms with Crippen LogP contribution in [-0.2, 0) is 4.74 Å². The average Bonchev–Trinajstić information content (AvgIpc) is 3.40. The van der Waals surface area contributed by atoms with Gasteiger partial charge in [0, 0.05) is 36.5 Å². The van der Waals surface area contributed by atoms with E-state index in [1.807, 2.05) is 6.08 Å². The minimum absolute atomic E-state index is 0.0437. The monoisotopic (exact) mass is 404 g/mol. The van der Waals surface area contributed by atoms with Gasteiger partial charge in [-0.25, -0.2) is 13.8 Å². The number of alkyl halides is 2. The number of aromatic nitrogens is 2. The highest BCUT2D eigenvalue weighted by Crippen LogP contribution is 2.33. The Balaban J connectivity index is 1.67. The maximum Gasteiger partial charge on any atom is 0.282 e. The van der Waals surface area contributed by atoms with Crippen LogP contribution in [0.5, 0.6) is 0 Å². The molecule has 3 N–H and O–H groups in total. The number of nitrogens with zero attached hydrogens (tertiary/aromatic N) is 3. The smallest absolute Gasteiger partial charge is 0.282 e. The van der Waals surface area contributed by atoms with Crippen LogP contribution in [0.3, 0.4) is 0 Å². The first-order valence-electron chi connectivity index (χ1n) is 10.1. The van der Waals surface area contributed by atoms with Crippen LogP contribution in [0, 0.1) is 5.41 Å². The van der Waals surface area contributed by atoms with E-state index in [9.17, 15) is 8.78 Å². The van der Waals surface area contributed by atoms with Crippen LogP contribution in [0.25, 0.3) is 5.57 Å². The summed E-state index contributed by atoms with van der Waals surface area (Å²) >= 11 is 0. The molecule has 1 unspecified atom stereocenters. The second-order valence-electron chi connectivity index (χ2n) is 7.56. The molecule has 0 radical (unpaired) electrons. The third-order valence-electron chi connectivity index (χ3n) is 5.54. The van der Waals surface area contributed by atoms with E-state index >= 15 is 0 Å². The van der Waals surface area contributed by atoms with Gasteiger partial charge in [-0.05, 0) is 18.9 Å². The molecule has 9 heteroatoms. The first-order chi connectivity index (χ1) is 14.2. The Bertz CT molecular complexity index is 838. The third-order valence-corrected chi connectivity index (χ3v) is 5.54. The lowest BCUT2D eigenvalue weighted by molar-refractivity contribution is 0.143. The summed E-state index contributed by atoms with van der Waals surface area (Å²) in [6.07, 6.45) is 9.52. The van der Waals surface area contributed by atoms with Gasteiger partial charge < -0.3 is 20.8 Å². The van der Waals surface area contributed by atoms with E-state index in [0.717, 1.165) is 37.7 Å². The highest BCUT2D eigenvalue weighted by atomic mass is 19.3. The third kappa shape index (κ3) is 4.33. The topological polar surface area (TPSA) is 87.3 Å². The van der Waals surface area contributed by atoms with Crippen molar-refractivity contribution in [3.05, 3.63) is 35.6 Å². The normalized spacial score (nSPS) is 24.1. The number of hydrogen-bond donors (Lipinski definition) is 3. The van der Waals surface area contributed by atoms with Crippen molar-refractivity contribution in [1.29, 1.82) is 5.41 Å². The second-order valence-corrected chi connectivity index (χ2v) is 7.56. The fourth-order valence-corrected chi connectivity index (χ4v) is 4.04. The number of nitrogens with one attached hydrogen (secondary N) is 3. The van der Waals surface area contributed by atoms with Gasteiger partial charge in [-0.3, -0.25) is 4.68 Å². The molecule has 0 saturated heterocycles. The second kappa shape index (κ2) is 8.75. The van der Waals surface area contributed by atoms with Gasteiger partial charge in [-0.1, -0.05) is 19.3 Å². The Morgan fingerprint density at radius 1 is 1.34 bits per heavy atom. The SMILES string of the molecule is N=C/C(=C1/N=C(NC2C=COC2)CCN1)c1cn(C2CCCCC2)nc1C(F)F. The Morgan fingerprint density at radius 3 is 2.86 bits per heavy atom. The summed E-state index contributed by atoms with van der Waals surface area (Å²) in [5, 5.41) is 18.5. The molecule has 29 heavy (non-hydrogen) atoms. The number of aliphatic imine (C=N–C) groups is 1. The van der Waals surface area contributed by atoms with Crippen molar-refractivity contribution in [2.75, 3.05) is 13.2 Å². The maximum atomic E-state index is 13.8. The van der Waals surface area contributed by atoms with Crippen LogP contribution in [0.2, 0.25) is 0 Å². The maximum absolute atomic E-state index is 13.8.